The van der Waals surface area contributed by atoms with Crippen molar-refractivity contribution < 1.29 is 4.79 Å². The topological polar surface area (TPSA) is 20.3 Å². The lowest BCUT2D eigenvalue weighted by Crippen LogP contribution is -2.26. The van der Waals surface area contributed by atoms with Crippen LogP contribution in [-0.4, -0.2) is 19.4 Å². The predicted octanol–water partition coefficient (Wildman–Crippen LogP) is 2.98. The van der Waals surface area contributed by atoms with Crippen molar-refractivity contribution in [1.82, 2.24) is 0 Å². The lowest BCUT2D eigenvalue weighted by atomic mass is 10.1. The largest absolute Gasteiger partial charge is 0.371 e. The number of carbonyl (C=O) groups is 1. The highest BCUT2D eigenvalue weighted by Gasteiger charge is 2.24. The van der Waals surface area contributed by atoms with E-state index < -0.39 is 0 Å². The SMILES string of the molecule is O=CCc1ccc2c(c1)N(CC1CCCC1)CC2. The fourth-order valence-electron chi connectivity index (χ4n) is 3.41. The van der Waals surface area contributed by atoms with E-state index in [0.717, 1.165) is 24.3 Å². The van der Waals surface area contributed by atoms with Crippen molar-refractivity contribution in [1.29, 1.82) is 0 Å². The molecule has 0 spiro atoms. The molecule has 0 amide bonds. The number of hydrogen-bond donors (Lipinski definition) is 0. The van der Waals surface area contributed by atoms with Gasteiger partial charge in [0.15, 0.2) is 0 Å². The fraction of sp³-hybridized carbons (Fsp3) is 0.562. The second-order valence-electron chi connectivity index (χ2n) is 5.68. The Hall–Kier alpha value is -1.31. The highest BCUT2D eigenvalue weighted by molar-refractivity contribution is 5.63. The average Bonchev–Trinajstić information content (AvgIpc) is 3.01. The van der Waals surface area contributed by atoms with Crippen LogP contribution in [0.15, 0.2) is 18.2 Å². The minimum absolute atomic E-state index is 0.546. The third-order valence-corrected chi connectivity index (χ3v) is 4.41. The second-order valence-corrected chi connectivity index (χ2v) is 5.68. The molecule has 0 aromatic heterocycles. The van der Waals surface area contributed by atoms with E-state index in [1.165, 1.54) is 49.9 Å². The Labute approximate surface area is 109 Å². The molecule has 0 unspecified atom stereocenters. The first-order chi connectivity index (χ1) is 8.86. The molecule has 1 aliphatic heterocycles. The Kier molecular flexibility index (Phi) is 3.35. The molecular weight excluding hydrogens is 222 g/mol. The first kappa shape index (κ1) is 11.8. The molecule has 3 rings (SSSR count). The zero-order chi connectivity index (χ0) is 12.4. The summed E-state index contributed by atoms with van der Waals surface area (Å²) in [7, 11) is 0. The van der Waals surface area contributed by atoms with E-state index in [1.54, 1.807) is 0 Å². The summed E-state index contributed by atoms with van der Waals surface area (Å²) < 4.78 is 0. The number of carbonyl (C=O) groups excluding carboxylic acids is 1. The summed E-state index contributed by atoms with van der Waals surface area (Å²) in [4.78, 5) is 13.2. The number of benzene rings is 1. The maximum atomic E-state index is 10.6. The normalized spacial score (nSPS) is 19.2. The first-order valence-corrected chi connectivity index (χ1v) is 7.17. The minimum Gasteiger partial charge on any atom is -0.371 e. The quantitative estimate of drug-likeness (QED) is 0.758. The zero-order valence-corrected chi connectivity index (χ0v) is 10.9. The molecule has 1 heterocycles. The number of nitrogens with zero attached hydrogens (tertiary/aromatic N) is 1. The Bertz CT molecular complexity index is 435. The van der Waals surface area contributed by atoms with Crippen LogP contribution in [0.2, 0.25) is 0 Å². The molecule has 96 valence electrons. The van der Waals surface area contributed by atoms with Crippen molar-refractivity contribution >= 4 is 12.0 Å². The summed E-state index contributed by atoms with van der Waals surface area (Å²) in [5, 5.41) is 0. The summed E-state index contributed by atoms with van der Waals surface area (Å²) in [6.45, 7) is 2.38. The van der Waals surface area contributed by atoms with Gasteiger partial charge in [0.1, 0.15) is 6.29 Å². The molecule has 0 bridgehead atoms. The van der Waals surface area contributed by atoms with Gasteiger partial charge in [0.2, 0.25) is 0 Å². The molecule has 2 aliphatic rings. The van der Waals surface area contributed by atoms with Gasteiger partial charge in [-0.15, -0.1) is 0 Å². The molecule has 0 radical (unpaired) electrons. The van der Waals surface area contributed by atoms with E-state index in [-0.39, 0.29) is 0 Å². The van der Waals surface area contributed by atoms with Gasteiger partial charge in [0.25, 0.3) is 0 Å². The van der Waals surface area contributed by atoms with Crippen LogP contribution in [0.1, 0.15) is 36.8 Å². The maximum Gasteiger partial charge on any atom is 0.124 e. The summed E-state index contributed by atoms with van der Waals surface area (Å²) in [5.41, 5.74) is 4.01. The van der Waals surface area contributed by atoms with Crippen LogP contribution in [0.5, 0.6) is 0 Å². The van der Waals surface area contributed by atoms with Crippen LogP contribution < -0.4 is 4.90 Å². The van der Waals surface area contributed by atoms with Gasteiger partial charge >= 0.3 is 0 Å². The van der Waals surface area contributed by atoms with Crippen LogP contribution in [0, 0.1) is 5.92 Å². The molecule has 0 atom stereocenters. The Morgan fingerprint density at radius 1 is 1.28 bits per heavy atom. The van der Waals surface area contributed by atoms with Gasteiger partial charge in [0.05, 0.1) is 0 Å². The van der Waals surface area contributed by atoms with E-state index in [1.807, 2.05) is 0 Å². The van der Waals surface area contributed by atoms with Gasteiger partial charge in [-0.1, -0.05) is 25.0 Å². The monoisotopic (exact) mass is 243 g/mol. The van der Waals surface area contributed by atoms with Crippen LogP contribution in [-0.2, 0) is 17.6 Å². The molecule has 0 N–H and O–H groups in total. The number of anilines is 1. The van der Waals surface area contributed by atoms with E-state index in [2.05, 4.69) is 23.1 Å². The molecule has 1 aliphatic carbocycles. The van der Waals surface area contributed by atoms with Crippen molar-refractivity contribution in [3.05, 3.63) is 29.3 Å². The highest BCUT2D eigenvalue weighted by Crippen LogP contribution is 2.33. The van der Waals surface area contributed by atoms with Crippen LogP contribution in [0.25, 0.3) is 0 Å². The minimum atomic E-state index is 0.546. The van der Waals surface area contributed by atoms with Crippen molar-refractivity contribution in [3.8, 4) is 0 Å². The summed E-state index contributed by atoms with van der Waals surface area (Å²) >= 11 is 0. The highest BCUT2D eigenvalue weighted by atomic mass is 16.1. The number of fused-ring (bicyclic) bond motifs is 1. The van der Waals surface area contributed by atoms with Crippen molar-refractivity contribution in [3.63, 3.8) is 0 Å². The van der Waals surface area contributed by atoms with Gasteiger partial charge in [-0.2, -0.15) is 0 Å². The fourth-order valence-corrected chi connectivity index (χ4v) is 3.41. The third-order valence-electron chi connectivity index (χ3n) is 4.41. The molecule has 1 saturated carbocycles. The molecule has 1 fully saturated rings. The molecule has 2 heteroatoms. The van der Waals surface area contributed by atoms with Gasteiger partial charge in [-0.25, -0.2) is 0 Å². The van der Waals surface area contributed by atoms with E-state index >= 15 is 0 Å². The second kappa shape index (κ2) is 5.13. The summed E-state index contributed by atoms with van der Waals surface area (Å²) in [6.07, 6.45) is 8.35. The lowest BCUT2D eigenvalue weighted by molar-refractivity contribution is -0.107. The predicted molar refractivity (Wildman–Crippen MR) is 74.1 cm³/mol. The summed E-state index contributed by atoms with van der Waals surface area (Å²) in [5.74, 6) is 0.894. The van der Waals surface area contributed by atoms with Crippen molar-refractivity contribution in [2.45, 2.75) is 38.5 Å². The summed E-state index contributed by atoms with van der Waals surface area (Å²) in [6, 6.07) is 6.54. The molecule has 2 nitrogen and oxygen atoms in total. The smallest absolute Gasteiger partial charge is 0.124 e. The lowest BCUT2D eigenvalue weighted by Gasteiger charge is -2.23. The first-order valence-electron chi connectivity index (χ1n) is 7.17. The zero-order valence-electron chi connectivity index (χ0n) is 10.9. The van der Waals surface area contributed by atoms with E-state index in [4.69, 9.17) is 0 Å². The average molecular weight is 243 g/mol. The van der Waals surface area contributed by atoms with Crippen LogP contribution in [0.4, 0.5) is 5.69 Å². The molecule has 1 aromatic carbocycles. The molecular formula is C16H21NO. The molecule has 1 aromatic rings. The Morgan fingerprint density at radius 3 is 2.89 bits per heavy atom. The Balaban J connectivity index is 1.76. The number of aldehydes is 1. The standard InChI is InChI=1S/C16H21NO/c18-10-8-13-5-6-15-7-9-17(16(15)11-13)12-14-3-1-2-4-14/h5-6,10-11,14H,1-4,7-9,12H2. The van der Waals surface area contributed by atoms with Crippen LogP contribution >= 0.6 is 0 Å². The Morgan fingerprint density at radius 2 is 2.11 bits per heavy atom. The van der Waals surface area contributed by atoms with Crippen molar-refractivity contribution in [2.75, 3.05) is 18.0 Å². The number of hydrogen-bond acceptors (Lipinski definition) is 2. The van der Waals surface area contributed by atoms with Gasteiger partial charge in [0, 0.05) is 25.2 Å². The van der Waals surface area contributed by atoms with E-state index in [0.29, 0.717) is 6.42 Å². The van der Waals surface area contributed by atoms with Gasteiger partial charge in [-0.05, 0) is 42.4 Å². The van der Waals surface area contributed by atoms with E-state index in [9.17, 15) is 4.79 Å². The van der Waals surface area contributed by atoms with Gasteiger partial charge < -0.3 is 9.69 Å². The maximum absolute atomic E-state index is 10.6. The van der Waals surface area contributed by atoms with Crippen LogP contribution in [0.3, 0.4) is 0 Å². The van der Waals surface area contributed by atoms with Gasteiger partial charge in [-0.3, -0.25) is 0 Å². The molecule has 0 saturated heterocycles. The van der Waals surface area contributed by atoms with Crippen molar-refractivity contribution in [2.24, 2.45) is 5.92 Å². The third kappa shape index (κ3) is 2.29. The molecule has 18 heavy (non-hydrogen) atoms. The number of rotatable bonds is 4.